The van der Waals surface area contributed by atoms with E-state index in [9.17, 15) is 0 Å². The molecule has 4 heteroatoms. The maximum absolute atomic E-state index is 4.64. The van der Waals surface area contributed by atoms with Crippen molar-refractivity contribution in [3.05, 3.63) is 15.9 Å². The van der Waals surface area contributed by atoms with E-state index in [0.29, 0.717) is 0 Å². The molecule has 0 aliphatic heterocycles. The number of rotatable bonds is 7. The Morgan fingerprint density at radius 2 is 2.05 bits per heavy atom. The van der Waals surface area contributed by atoms with Gasteiger partial charge in [-0.05, 0) is 61.1 Å². The van der Waals surface area contributed by atoms with E-state index in [-0.39, 0.29) is 0 Å². The topological polar surface area (TPSA) is 29.9 Å². The van der Waals surface area contributed by atoms with E-state index < -0.39 is 0 Å². The zero-order valence-electron chi connectivity index (χ0n) is 13.1. The Bertz CT molecular complexity index is 422. The lowest BCUT2D eigenvalue weighted by atomic mass is 9.87. The van der Waals surface area contributed by atoms with Crippen LogP contribution < -0.4 is 5.32 Å². The van der Waals surface area contributed by atoms with Crippen molar-refractivity contribution in [1.29, 1.82) is 0 Å². The number of nitrogens with one attached hydrogen (secondary N) is 1. The minimum Gasteiger partial charge on any atom is -0.317 e. The largest absolute Gasteiger partial charge is 0.317 e. The lowest BCUT2D eigenvalue weighted by Gasteiger charge is -2.24. The van der Waals surface area contributed by atoms with Gasteiger partial charge in [0.1, 0.15) is 0 Å². The van der Waals surface area contributed by atoms with Gasteiger partial charge in [-0.15, -0.1) is 0 Å². The van der Waals surface area contributed by atoms with E-state index in [1.165, 1.54) is 35.8 Å². The van der Waals surface area contributed by atoms with Crippen LogP contribution >= 0.6 is 15.9 Å². The maximum Gasteiger partial charge on any atom is 0.0738 e. The Hall–Kier alpha value is -0.350. The third-order valence-electron chi connectivity index (χ3n) is 4.63. The smallest absolute Gasteiger partial charge is 0.0738 e. The molecule has 0 saturated heterocycles. The molecule has 1 atom stereocenters. The molecular formula is C16H28BrN3. The highest BCUT2D eigenvalue weighted by atomic mass is 79.9. The molecular weight excluding hydrogens is 314 g/mol. The summed E-state index contributed by atoms with van der Waals surface area (Å²) in [5, 5.41) is 8.20. The van der Waals surface area contributed by atoms with Gasteiger partial charge >= 0.3 is 0 Å². The molecule has 2 rings (SSSR count). The highest BCUT2D eigenvalue weighted by molar-refractivity contribution is 9.10. The van der Waals surface area contributed by atoms with Crippen molar-refractivity contribution in [3.8, 4) is 0 Å². The minimum absolute atomic E-state index is 0.746. The molecule has 114 valence electrons. The van der Waals surface area contributed by atoms with E-state index in [2.05, 4.69) is 51.8 Å². The first kappa shape index (κ1) is 16.0. The molecule has 3 nitrogen and oxygen atoms in total. The molecule has 0 amide bonds. The molecule has 20 heavy (non-hydrogen) atoms. The zero-order valence-corrected chi connectivity index (χ0v) is 14.7. The fourth-order valence-corrected chi connectivity index (χ4v) is 3.92. The summed E-state index contributed by atoms with van der Waals surface area (Å²) in [4.78, 5) is 0. The van der Waals surface area contributed by atoms with Crippen LogP contribution in [-0.4, -0.2) is 22.9 Å². The van der Waals surface area contributed by atoms with Crippen LogP contribution in [0, 0.1) is 18.8 Å². The van der Waals surface area contributed by atoms with Crippen molar-refractivity contribution in [1.82, 2.24) is 15.1 Å². The second-order valence-corrected chi connectivity index (χ2v) is 6.77. The van der Waals surface area contributed by atoms with Gasteiger partial charge in [0.25, 0.3) is 0 Å². The molecule has 1 aromatic rings. The van der Waals surface area contributed by atoms with Crippen LogP contribution in [0.5, 0.6) is 0 Å². The lowest BCUT2D eigenvalue weighted by Crippen LogP contribution is -2.29. The fourth-order valence-electron chi connectivity index (χ4n) is 3.48. The van der Waals surface area contributed by atoms with E-state index in [1.807, 2.05) is 0 Å². The van der Waals surface area contributed by atoms with Gasteiger partial charge in [-0.2, -0.15) is 5.10 Å². The molecule has 1 heterocycles. The van der Waals surface area contributed by atoms with Crippen LogP contribution in [0.15, 0.2) is 4.47 Å². The second-order valence-electron chi connectivity index (χ2n) is 5.98. The Kier molecular flexibility index (Phi) is 6.09. The fraction of sp³-hybridized carbons (Fsp3) is 0.812. The number of halogens is 1. The molecule has 0 spiro atoms. The summed E-state index contributed by atoms with van der Waals surface area (Å²) in [7, 11) is 0. The highest BCUT2D eigenvalue weighted by Gasteiger charge is 2.27. The summed E-state index contributed by atoms with van der Waals surface area (Å²) in [6.07, 6.45) is 6.80. The van der Waals surface area contributed by atoms with Crippen LogP contribution in [-0.2, 0) is 13.0 Å². The first-order valence-electron chi connectivity index (χ1n) is 8.09. The number of aryl methyl sites for hydroxylation is 2. The van der Waals surface area contributed by atoms with E-state index >= 15 is 0 Å². The van der Waals surface area contributed by atoms with Crippen molar-refractivity contribution in [2.24, 2.45) is 11.8 Å². The molecule has 1 aliphatic rings. The van der Waals surface area contributed by atoms with Gasteiger partial charge in [0, 0.05) is 6.54 Å². The van der Waals surface area contributed by atoms with Crippen LogP contribution in [0.3, 0.4) is 0 Å². The van der Waals surface area contributed by atoms with Crippen molar-refractivity contribution >= 4 is 15.9 Å². The van der Waals surface area contributed by atoms with Crippen LogP contribution in [0.2, 0.25) is 0 Å². The maximum atomic E-state index is 4.64. The van der Waals surface area contributed by atoms with Crippen molar-refractivity contribution in [2.75, 3.05) is 13.1 Å². The molecule has 1 aliphatic carbocycles. The average Bonchev–Trinajstić information content (AvgIpc) is 3.06. The Morgan fingerprint density at radius 1 is 1.35 bits per heavy atom. The standard InChI is InChI=1S/C16H28BrN3/c1-4-18-11-14(13-8-6-7-9-13)10-15-16(17)12(3)19-20(15)5-2/h13-14,18H,4-11H2,1-3H3. The van der Waals surface area contributed by atoms with Gasteiger partial charge in [-0.3, -0.25) is 4.68 Å². The second kappa shape index (κ2) is 7.60. The van der Waals surface area contributed by atoms with Gasteiger partial charge in [0.15, 0.2) is 0 Å². The summed E-state index contributed by atoms with van der Waals surface area (Å²) in [5.74, 6) is 1.64. The summed E-state index contributed by atoms with van der Waals surface area (Å²) in [6.45, 7) is 9.63. The highest BCUT2D eigenvalue weighted by Crippen LogP contribution is 2.34. The van der Waals surface area contributed by atoms with Crippen LogP contribution in [0.4, 0.5) is 0 Å². The zero-order chi connectivity index (χ0) is 14.5. The van der Waals surface area contributed by atoms with E-state index in [0.717, 1.165) is 43.6 Å². The lowest BCUT2D eigenvalue weighted by molar-refractivity contribution is 0.316. The van der Waals surface area contributed by atoms with E-state index in [1.54, 1.807) is 0 Å². The van der Waals surface area contributed by atoms with Crippen molar-refractivity contribution in [2.45, 2.75) is 59.4 Å². The van der Waals surface area contributed by atoms with Crippen molar-refractivity contribution in [3.63, 3.8) is 0 Å². The Balaban J connectivity index is 2.13. The molecule has 1 saturated carbocycles. The summed E-state index contributed by atoms with van der Waals surface area (Å²) in [5.41, 5.74) is 2.51. The van der Waals surface area contributed by atoms with Gasteiger partial charge in [-0.25, -0.2) is 0 Å². The third-order valence-corrected chi connectivity index (χ3v) is 5.66. The SMILES string of the molecule is CCNCC(Cc1c(Br)c(C)nn1CC)C1CCCC1. The first-order valence-corrected chi connectivity index (χ1v) is 8.89. The first-order chi connectivity index (χ1) is 9.67. The number of aromatic nitrogens is 2. The van der Waals surface area contributed by atoms with Crippen molar-refractivity contribution < 1.29 is 0 Å². The summed E-state index contributed by atoms with van der Waals surface area (Å²) >= 11 is 3.74. The quantitative estimate of drug-likeness (QED) is 0.814. The van der Waals surface area contributed by atoms with Crippen LogP contribution in [0.25, 0.3) is 0 Å². The minimum atomic E-state index is 0.746. The Labute approximate surface area is 131 Å². The predicted octanol–water partition coefficient (Wildman–Crippen LogP) is 3.93. The number of hydrogen-bond donors (Lipinski definition) is 1. The van der Waals surface area contributed by atoms with E-state index in [4.69, 9.17) is 0 Å². The molecule has 0 bridgehead atoms. The van der Waals surface area contributed by atoms with Gasteiger partial charge in [-0.1, -0.05) is 32.6 Å². The predicted molar refractivity (Wildman–Crippen MR) is 88.0 cm³/mol. The third kappa shape index (κ3) is 3.64. The molecule has 1 aromatic heterocycles. The average molecular weight is 342 g/mol. The normalized spacial score (nSPS) is 17.8. The summed E-state index contributed by atoms with van der Waals surface area (Å²) in [6, 6.07) is 0. The molecule has 1 N–H and O–H groups in total. The monoisotopic (exact) mass is 341 g/mol. The van der Waals surface area contributed by atoms with Crippen LogP contribution in [0.1, 0.15) is 50.9 Å². The van der Waals surface area contributed by atoms with Gasteiger partial charge in [0.2, 0.25) is 0 Å². The molecule has 1 fully saturated rings. The Morgan fingerprint density at radius 3 is 2.65 bits per heavy atom. The van der Waals surface area contributed by atoms with Gasteiger partial charge in [0.05, 0.1) is 15.9 Å². The molecule has 0 radical (unpaired) electrons. The summed E-state index contributed by atoms with van der Waals surface area (Å²) < 4.78 is 3.40. The number of nitrogens with zero attached hydrogens (tertiary/aromatic N) is 2. The van der Waals surface area contributed by atoms with Gasteiger partial charge < -0.3 is 5.32 Å². The molecule has 0 aromatic carbocycles. The number of hydrogen-bond acceptors (Lipinski definition) is 2. The molecule has 1 unspecified atom stereocenters.